The monoisotopic (exact) mass is 211 g/mol. The molecule has 0 bridgehead atoms. The predicted octanol–water partition coefficient (Wildman–Crippen LogP) is 2.40. The Labute approximate surface area is 91.5 Å². The summed E-state index contributed by atoms with van der Waals surface area (Å²) in [7, 11) is 0. The van der Waals surface area contributed by atoms with Gasteiger partial charge in [-0.1, -0.05) is 0 Å². The number of aliphatic hydroxyl groups is 1. The lowest BCUT2D eigenvalue weighted by molar-refractivity contribution is 0.272. The summed E-state index contributed by atoms with van der Waals surface area (Å²) in [6.45, 7) is 6.43. The minimum atomic E-state index is 0.229. The van der Waals surface area contributed by atoms with E-state index >= 15 is 0 Å². The number of nitrogens with one attached hydrogen (secondary N) is 1. The van der Waals surface area contributed by atoms with E-state index < -0.39 is 0 Å². The molecule has 0 saturated heterocycles. The molecule has 86 valence electrons. The molecule has 0 amide bonds. The van der Waals surface area contributed by atoms with Gasteiger partial charge in [0.1, 0.15) is 11.5 Å². The fraction of sp³-hybridized carbons (Fsp3) is 0.667. The van der Waals surface area contributed by atoms with Crippen LogP contribution in [0.5, 0.6) is 0 Å². The van der Waals surface area contributed by atoms with Crippen molar-refractivity contribution in [1.29, 1.82) is 0 Å². The normalized spacial score (nSPS) is 15.2. The number of hydrogen-bond donors (Lipinski definition) is 2. The van der Waals surface area contributed by atoms with Gasteiger partial charge in [-0.25, -0.2) is 0 Å². The quantitative estimate of drug-likeness (QED) is 0.759. The first-order valence-corrected chi connectivity index (χ1v) is 5.56. The third-order valence-corrected chi connectivity index (χ3v) is 2.52. The Hall–Kier alpha value is -0.800. The molecule has 0 aliphatic rings. The highest BCUT2D eigenvalue weighted by Crippen LogP contribution is 2.16. The van der Waals surface area contributed by atoms with Crippen molar-refractivity contribution in [1.82, 2.24) is 5.32 Å². The molecule has 1 rings (SSSR count). The maximum absolute atomic E-state index is 8.72. The van der Waals surface area contributed by atoms with E-state index in [4.69, 9.17) is 9.52 Å². The summed E-state index contributed by atoms with van der Waals surface area (Å²) < 4.78 is 5.54. The Morgan fingerprint density at radius 2 is 2.13 bits per heavy atom. The molecular weight excluding hydrogens is 190 g/mol. The maximum atomic E-state index is 8.72. The Morgan fingerprint density at radius 3 is 2.67 bits per heavy atom. The van der Waals surface area contributed by atoms with E-state index in [-0.39, 0.29) is 12.6 Å². The lowest BCUT2D eigenvalue weighted by Gasteiger charge is -2.18. The number of hydrogen-bond acceptors (Lipinski definition) is 3. The maximum Gasteiger partial charge on any atom is 0.120 e. The molecule has 3 nitrogen and oxygen atoms in total. The molecule has 1 heterocycles. The average Bonchev–Trinajstić information content (AvgIpc) is 2.61. The van der Waals surface area contributed by atoms with Crippen LogP contribution < -0.4 is 5.32 Å². The Kier molecular flexibility index (Phi) is 4.85. The average molecular weight is 211 g/mol. The second-order valence-corrected chi connectivity index (χ2v) is 4.10. The fourth-order valence-electron chi connectivity index (χ4n) is 1.68. The van der Waals surface area contributed by atoms with Crippen LogP contribution in [0.3, 0.4) is 0 Å². The highest BCUT2D eigenvalue weighted by atomic mass is 16.3. The molecule has 0 saturated carbocycles. The molecule has 1 aromatic rings. The standard InChI is InChI=1S/C12H21NO2/c1-9(5-4-8-14)13-11(3)12-7-6-10(2)15-12/h6-7,9,11,13-14H,4-5,8H2,1-3H3/t9-,11+/m1/s1. The lowest BCUT2D eigenvalue weighted by atomic mass is 10.1. The minimum absolute atomic E-state index is 0.229. The van der Waals surface area contributed by atoms with Gasteiger partial charge in [0.05, 0.1) is 6.04 Å². The molecule has 2 atom stereocenters. The Balaban J connectivity index is 2.38. The molecule has 2 N–H and O–H groups in total. The van der Waals surface area contributed by atoms with Crippen LogP contribution in [0.2, 0.25) is 0 Å². The van der Waals surface area contributed by atoms with Gasteiger partial charge in [0.25, 0.3) is 0 Å². The molecule has 0 aliphatic heterocycles. The third-order valence-electron chi connectivity index (χ3n) is 2.52. The highest BCUT2D eigenvalue weighted by molar-refractivity contribution is 5.08. The first kappa shape index (κ1) is 12.3. The van der Waals surface area contributed by atoms with Crippen LogP contribution in [-0.4, -0.2) is 17.8 Å². The molecule has 0 fully saturated rings. The summed E-state index contributed by atoms with van der Waals surface area (Å²) in [5.74, 6) is 1.92. The molecule has 3 heteroatoms. The van der Waals surface area contributed by atoms with E-state index in [1.807, 2.05) is 19.1 Å². The molecule has 0 radical (unpaired) electrons. The zero-order valence-corrected chi connectivity index (χ0v) is 9.79. The van der Waals surface area contributed by atoms with E-state index in [1.54, 1.807) is 0 Å². The number of aliphatic hydroxyl groups excluding tert-OH is 1. The fourth-order valence-corrected chi connectivity index (χ4v) is 1.68. The van der Waals surface area contributed by atoms with Gasteiger partial charge in [0, 0.05) is 12.6 Å². The third kappa shape index (κ3) is 4.06. The van der Waals surface area contributed by atoms with Crippen molar-refractivity contribution < 1.29 is 9.52 Å². The van der Waals surface area contributed by atoms with Gasteiger partial charge >= 0.3 is 0 Å². The van der Waals surface area contributed by atoms with Crippen molar-refractivity contribution in [3.63, 3.8) is 0 Å². The van der Waals surface area contributed by atoms with Gasteiger partial charge < -0.3 is 14.8 Å². The van der Waals surface area contributed by atoms with Crippen LogP contribution >= 0.6 is 0 Å². The summed E-state index contributed by atoms with van der Waals surface area (Å²) in [5, 5.41) is 12.2. The summed E-state index contributed by atoms with van der Waals surface area (Å²) in [6, 6.07) is 4.61. The minimum Gasteiger partial charge on any atom is -0.465 e. The van der Waals surface area contributed by atoms with Crippen LogP contribution in [0.1, 0.15) is 44.3 Å². The van der Waals surface area contributed by atoms with Crippen molar-refractivity contribution in [3.8, 4) is 0 Å². The van der Waals surface area contributed by atoms with Gasteiger partial charge in [-0.15, -0.1) is 0 Å². The summed E-state index contributed by atoms with van der Waals surface area (Å²) in [5.41, 5.74) is 0. The van der Waals surface area contributed by atoms with E-state index in [0.29, 0.717) is 6.04 Å². The summed E-state index contributed by atoms with van der Waals surface area (Å²) in [6.07, 6.45) is 1.83. The highest BCUT2D eigenvalue weighted by Gasteiger charge is 2.11. The van der Waals surface area contributed by atoms with Crippen LogP contribution in [0, 0.1) is 6.92 Å². The van der Waals surface area contributed by atoms with Gasteiger partial charge in [-0.2, -0.15) is 0 Å². The van der Waals surface area contributed by atoms with Crippen LogP contribution in [0.4, 0.5) is 0 Å². The van der Waals surface area contributed by atoms with Crippen molar-refractivity contribution in [2.24, 2.45) is 0 Å². The lowest BCUT2D eigenvalue weighted by Crippen LogP contribution is -2.28. The van der Waals surface area contributed by atoms with Gasteiger partial charge in [0.15, 0.2) is 0 Å². The van der Waals surface area contributed by atoms with Crippen LogP contribution in [-0.2, 0) is 0 Å². The van der Waals surface area contributed by atoms with E-state index in [2.05, 4.69) is 19.2 Å². The molecule has 0 unspecified atom stereocenters. The molecule has 0 spiro atoms. The van der Waals surface area contributed by atoms with Crippen LogP contribution in [0.15, 0.2) is 16.5 Å². The number of rotatable bonds is 6. The first-order chi connectivity index (χ1) is 7.13. The van der Waals surface area contributed by atoms with Crippen molar-refractivity contribution in [3.05, 3.63) is 23.7 Å². The number of furan rings is 1. The van der Waals surface area contributed by atoms with Gasteiger partial charge in [-0.3, -0.25) is 0 Å². The summed E-state index contributed by atoms with van der Waals surface area (Å²) in [4.78, 5) is 0. The summed E-state index contributed by atoms with van der Waals surface area (Å²) >= 11 is 0. The zero-order chi connectivity index (χ0) is 11.3. The molecular formula is C12H21NO2. The largest absolute Gasteiger partial charge is 0.465 e. The molecule has 0 aliphatic carbocycles. The molecule has 15 heavy (non-hydrogen) atoms. The van der Waals surface area contributed by atoms with Crippen LogP contribution in [0.25, 0.3) is 0 Å². The number of aryl methyl sites for hydroxylation is 1. The van der Waals surface area contributed by atoms with Gasteiger partial charge in [0.2, 0.25) is 0 Å². The second kappa shape index (κ2) is 5.93. The van der Waals surface area contributed by atoms with Gasteiger partial charge in [-0.05, 0) is 45.7 Å². The SMILES string of the molecule is Cc1ccc([C@H](C)N[C@H](C)CCCO)o1. The predicted molar refractivity (Wildman–Crippen MR) is 60.8 cm³/mol. The van der Waals surface area contributed by atoms with E-state index in [9.17, 15) is 0 Å². The van der Waals surface area contributed by atoms with E-state index in [1.165, 1.54) is 0 Å². The first-order valence-electron chi connectivity index (χ1n) is 5.56. The Morgan fingerprint density at radius 1 is 1.40 bits per heavy atom. The van der Waals surface area contributed by atoms with Crippen molar-refractivity contribution in [2.45, 2.75) is 45.7 Å². The molecule has 1 aromatic heterocycles. The zero-order valence-electron chi connectivity index (χ0n) is 9.79. The van der Waals surface area contributed by atoms with Crippen molar-refractivity contribution >= 4 is 0 Å². The smallest absolute Gasteiger partial charge is 0.120 e. The van der Waals surface area contributed by atoms with Crippen molar-refractivity contribution in [2.75, 3.05) is 6.61 Å². The topological polar surface area (TPSA) is 45.4 Å². The second-order valence-electron chi connectivity index (χ2n) is 4.10. The molecule has 0 aromatic carbocycles. The van der Waals surface area contributed by atoms with E-state index in [0.717, 1.165) is 24.4 Å². The Bertz CT molecular complexity index is 283.